The summed E-state index contributed by atoms with van der Waals surface area (Å²) in [6.07, 6.45) is 8.70. The summed E-state index contributed by atoms with van der Waals surface area (Å²) >= 11 is 0. The third kappa shape index (κ3) is 9.16. The van der Waals surface area contributed by atoms with E-state index in [2.05, 4.69) is 11.4 Å². The van der Waals surface area contributed by atoms with E-state index in [-0.39, 0.29) is 53.5 Å². The van der Waals surface area contributed by atoms with E-state index in [1.165, 1.54) is 12.1 Å². The van der Waals surface area contributed by atoms with Gasteiger partial charge in [-0.3, -0.25) is 19.2 Å². The number of carbonyl (C=O) groups is 4. The van der Waals surface area contributed by atoms with Gasteiger partial charge in [0, 0.05) is 36.9 Å². The molecule has 0 bridgehead atoms. The molecule has 4 atom stereocenters. The number of aliphatic hydroxyl groups excluding tert-OH is 1. The molecule has 2 aliphatic carbocycles. The van der Waals surface area contributed by atoms with Gasteiger partial charge in [-0.2, -0.15) is 0 Å². The van der Waals surface area contributed by atoms with Crippen molar-refractivity contribution in [3.63, 3.8) is 0 Å². The van der Waals surface area contributed by atoms with Crippen LogP contribution in [0.1, 0.15) is 83.6 Å². The molecular formula is C33H45NO8S. The summed E-state index contributed by atoms with van der Waals surface area (Å²) in [7, 11) is -3.40. The van der Waals surface area contributed by atoms with Crippen LogP contribution >= 0.6 is 0 Å². The smallest absolute Gasteiger partial charge is 0.223 e. The van der Waals surface area contributed by atoms with Gasteiger partial charge >= 0.3 is 0 Å². The zero-order chi connectivity index (χ0) is 31.4. The van der Waals surface area contributed by atoms with Crippen molar-refractivity contribution in [1.82, 2.24) is 5.32 Å². The Labute approximate surface area is 254 Å². The number of carbonyl (C=O) groups excluding carboxylic acids is 4. The van der Waals surface area contributed by atoms with Gasteiger partial charge in [0.1, 0.15) is 11.4 Å². The van der Waals surface area contributed by atoms with Crippen LogP contribution in [0.2, 0.25) is 0 Å². The topological polar surface area (TPSA) is 147 Å². The molecule has 1 aromatic rings. The quantitative estimate of drug-likeness (QED) is 0.224. The number of hydrogen-bond donors (Lipinski definition) is 2. The molecule has 0 spiro atoms. The number of ketones is 3. The molecule has 1 aromatic carbocycles. The average molecular weight is 616 g/mol. The summed E-state index contributed by atoms with van der Waals surface area (Å²) in [4.78, 5) is 53.6. The standard InChI is InChI=1S/C33H45NO8S/c1-21(16-29(36)24-10-12-26(35)13-11-24)32(39)34-28(18-23-8-14-27(15-9-23)43(3,40)41)30(37)19-25(17-22-6-4-5-7-22)31(38)33(2)20-42-33/h6,8-9,14-15,21,24-26,28,35H,4-5,7,10-13,16-20H2,1-3H3,(H,34,39). The highest BCUT2D eigenvalue weighted by Crippen LogP contribution is 2.36. The molecule has 1 aliphatic heterocycles. The normalized spacial score (nSPS) is 25.7. The molecule has 2 N–H and O–H groups in total. The molecule has 1 amide bonds. The van der Waals surface area contributed by atoms with Crippen LogP contribution in [-0.2, 0) is 40.2 Å². The van der Waals surface area contributed by atoms with Crippen LogP contribution in [-0.4, -0.2) is 67.4 Å². The van der Waals surface area contributed by atoms with Crippen molar-refractivity contribution in [1.29, 1.82) is 0 Å². The SMILES string of the molecule is CC(CC(=O)C1CCC(O)CC1)C(=O)NC(Cc1ccc(S(C)(=O)=O)cc1)C(=O)CC(CC1=CCCC1)C(=O)C1(C)CO1. The van der Waals surface area contributed by atoms with Gasteiger partial charge in [0.15, 0.2) is 21.4 Å². The lowest BCUT2D eigenvalue weighted by molar-refractivity contribution is -0.135. The fourth-order valence-corrected chi connectivity index (χ4v) is 6.82. The minimum absolute atomic E-state index is 0.0121. The second-order valence-electron chi connectivity index (χ2n) is 13.0. The molecule has 1 saturated carbocycles. The Morgan fingerprint density at radius 1 is 1.05 bits per heavy atom. The molecule has 0 aromatic heterocycles. The van der Waals surface area contributed by atoms with Crippen molar-refractivity contribution in [2.75, 3.05) is 12.9 Å². The van der Waals surface area contributed by atoms with Crippen LogP contribution in [0.15, 0.2) is 40.8 Å². The molecular weight excluding hydrogens is 570 g/mol. The number of epoxide rings is 1. The van der Waals surface area contributed by atoms with Crippen LogP contribution in [0.4, 0.5) is 0 Å². The van der Waals surface area contributed by atoms with E-state index in [9.17, 15) is 32.7 Å². The Kier molecular flexibility index (Phi) is 10.8. The number of nitrogens with one attached hydrogen (secondary N) is 1. The predicted molar refractivity (Wildman–Crippen MR) is 161 cm³/mol. The molecule has 9 nitrogen and oxygen atoms in total. The van der Waals surface area contributed by atoms with Gasteiger partial charge in [-0.1, -0.05) is 30.7 Å². The predicted octanol–water partition coefficient (Wildman–Crippen LogP) is 3.70. The van der Waals surface area contributed by atoms with Crippen LogP contribution in [0.3, 0.4) is 0 Å². The first kappa shape index (κ1) is 33.2. The van der Waals surface area contributed by atoms with Gasteiger partial charge in [0.2, 0.25) is 5.91 Å². The number of allylic oxidation sites excluding steroid dienone is 2. The highest BCUT2D eigenvalue weighted by molar-refractivity contribution is 7.90. The Morgan fingerprint density at radius 3 is 2.26 bits per heavy atom. The molecule has 43 heavy (non-hydrogen) atoms. The van der Waals surface area contributed by atoms with Crippen LogP contribution in [0.25, 0.3) is 0 Å². The molecule has 0 radical (unpaired) electrons. The van der Waals surface area contributed by atoms with Gasteiger partial charge in [-0.15, -0.1) is 0 Å². The molecule has 2 fully saturated rings. The van der Waals surface area contributed by atoms with E-state index in [0.29, 0.717) is 44.3 Å². The highest BCUT2D eigenvalue weighted by Gasteiger charge is 2.50. The summed E-state index contributed by atoms with van der Waals surface area (Å²) < 4.78 is 29.3. The van der Waals surface area contributed by atoms with Gasteiger partial charge in [0.25, 0.3) is 0 Å². The fourth-order valence-electron chi connectivity index (χ4n) is 6.19. The third-order valence-electron chi connectivity index (χ3n) is 9.16. The summed E-state index contributed by atoms with van der Waals surface area (Å²) in [5, 5.41) is 12.6. The van der Waals surface area contributed by atoms with Crippen molar-refractivity contribution in [2.45, 2.75) is 107 Å². The molecule has 3 aliphatic rings. The van der Waals surface area contributed by atoms with Gasteiger partial charge in [-0.05, 0) is 82.4 Å². The average Bonchev–Trinajstić information content (AvgIpc) is 3.50. The van der Waals surface area contributed by atoms with E-state index < -0.39 is 39.2 Å². The van der Waals surface area contributed by atoms with E-state index in [1.807, 2.05) is 0 Å². The van der Waals surface area contributed by atoms with Gasteiger partial charge in [-0.25, -0.2) is 8.42 Å². The number of aliphatic hydroxyl groups is 1. The Balaban J connectivity index is 1.49. The van der Waals surface area contributed by atoms with E-state index in [1.54, 1.807) is 26.0 Å². The lowest BCUT2D eigenvalue weighted by atomic mass is 9.82. The molecule has 4 unspecified atom stereocenters. The van der Waals surface area contributed by atoms with Crippen molar-refractivity contribution < 1.29 is 37.4 Å². The summed E-state index contributed by atoms with van der Waals surface area (Å²) in [5.41, 5.74) is 0.943. The Hall–Kier alpha value is -2.69. The Bertz CT molecular complexity index is 1340. The van der Waals surface area contributed by atoms with Crippen molar-refractivity contribution in [3.05, 3.63) is 41.5 Å². The maximum Gasteiger partial charge on any atom is 0.223 e. The molecule has 10 heteroatoms. The minimum atomic E-state index is -3.40. The lowest BCUT2D eigenvalue weighted by Crippen LogP contribution is -2.46. The second kappa shape index (κ2) is 13.9. The third-order valence-corrected chi connectivity index (χ3v) is 10.3. The van der Waals surface area contributed by atoms with E-state index in [4.69, 9.17) is 4.74 Å². The minimum Gasteiger partial charge on any atom is -0.393 e. The summed E-state index contributed by atoms with van der Waals surface area (Å²) in [5.74, 6) is -2.24. The van der Waals surface area contributed by atoms with Crippen molar-refractivity contribution in [3.8, 4) is 0 Å². The first-order valence-electron chi connectivity index (χ1n) is 15.4. The number of Topliss-reactive ketones (excluding diaryl/α,β-unsaturated/α-hetero) is 3. The van der Waals surface area contributed by atoms with Crippen LogP contribution < -0.4 is 5.32 Å². The zero-order valence-corrected chi connectivity index (χ0v) is 26.3. The number of rotatable bonds is 15. The molecule has 1 heterocycles. The van der Waals surface area contributed by atoms with Crippen molar-refractivity contribution in [2.24, 2.45) is 17.8 Å². The monoisotopic (exact) mass is 615 g/mol. The van der Waals surface area contributed by atoms with Crippen LogP contribution in [0.5, 0.6) is 0 Å². The van der Waals surface area contributed by atoms with Gasteiger partial charge < -0.3 is 15.2 Å². The zero-order valence-electron chi connectivity index (χ0n) is 25.5. The first-order chi connectivity index (χ1) is 20.2. The van der Waals surface area contributed by atoms with Gasteiger partial charge in [0.05, 0.1) is 23.6 Å². The second-order valence-corrected chi connectivity index (χ2v) is 15.0. The number of amides is 1. The van der Waals surface area contributed by atoms with E-state index in [0.717, 1.165) is 31.1 Å². The number of ether oxygens (including phenoxy) is 1. The molecule has 4 rings (SSSR count). The number of hydrogen-bond acceptors (Lipinski definition) is 8. The largest absolute Gasteiger partial charge is 0.393 e. The number of sulfone groups is 1. The Morgan fingerprint density at radius 2 is 1.70 bits per heavy atom. The van der Waals surface area contributed by atoms with E-state index >= 15 is 0 Å². The highest BCUT2D eigenvalue weighted by atomic mass is 32.2. The lowest BCUT2D eigenvalue weighted by Gasteiger charge is -2.26. The maximum absolute atomic E-state index is 13.9. The summed E-state index contributed by atoms with van der Waals surface area (Å²) in [6, 6.07) is 5.23. The first-order valence-corrected chi connectivity index (χ1v) is 17.3. The summed E-state index contributed by atoms with van der Waals surface area (Å²) in [6.45, 7) is 3.73. The van der Waals surface area contributed by atoms with Crippen molar-refractivity contribution >= 4 is 33.1 Å². The van der Waals surface area contributed by atoms with Crippen LogP contribution in [0, 0.1) is 17.8 Å². The molecule has 236 valence electrons. The number of benzene rings is 1. The maximum atomic E-state index is 13.9. The molecule has 1 saturated heterocycles. The fraction of sp³-hybridized carbons (Fsp3) is 0.636.